The fourth-order valence-electron chi connectivity index (χ4n) is 1.64. The summed E-state index contributed by atoms with van der Waals surface area (Å²) in [5.41, 5.74) is 0.763. The monoisotopic (exact) mass is 305 g/mol. The minimum atomic E-state index is -0.971. The molecule has 1 aromatic carbocycles. The van der Waals surface area contributed by atoms with Gasteiger partial charge in [-0.25, -0.2) is 4.79 Å². The van der Waals surface area contributed by atoms with E-state index >= 15 is 0 Å². The van der Waals surface area contributed by atoms with Gasteiger partial charge >= 0.3 is 12.0 Å². The van der Waals surface area contributed by atoms with Crippen molar-refractivity contribution in [2.24, 2.45) is 0 Å². The molecule has 0 heterocycles. The molecule has 0 aliphatic rings. The molecule has 0 aliphatic carbocycles. The maximum Gasteiger partial charge on any atom is 0.321 e. The van der Waals surface area contributed by atoms with Crippen LogP contribution >= 0.6 is 0 Å². The lowest BCUT2D eigenvalue weighted by atomic mass is 10.2. The summed E-state index contributed by atoms with van der Waals surface area (Å²) in [5.74, 6) is -0.517. The van der Waals surface area contributed by atoms with Gasteiger partial charge < -0.3 is 20.1 Å². The smallest absolute Gasteiger partial charge is 0.321 e. The van der Waals surface area contributed by atoms with Gasteiger partial charge in [-0.2, -0.15) is 5.26 Å². The second kappa shape index (κ2) is 7.88. The largest absolute Gasteiger partial charge is 0.490 e. The van der Waals surface area contributed by atoms with E-state index in [4.69, 9.17) is 15.1 Å². The summed E-state index contributed by atoms with van der Waals surface area (Å²) in [5, 5.41) is 20.3. The number of urea groups is 1. The molecule has 1 rings (SSSR count). The molecule has 1 aromatic rings. The van der Waals surface area contributed by atoms with Crippen LogP contribution in [0.4, 0.5) is 10.5 Å². The molecule has 0 spiro atoms. The molecule has 118 valence electrons. The Balaban J connectivity index is 2.75. The quantitative estimate of drug-likeness (QED) is 0.839. The van der Waals surface area contributed by atoms with Crippen LogP contribution in [0.1, 0.15) is 25.8 Å². The van der Waals surface area contributed by atoms with E-state index in [1.165, 1.54) is 18.0 Å². The van der Waals surface area contributed by atoms with E-state index in [9.17, 15) is 9.59 Å². The predicted octanol–water partition coefficient (Wildman–Crippen LogP) is 2.28. The Morgan fingerprint density at radius 3 is 2.68 bits per heavy atom. The standard InChI is InChI=1S/C15H19N3O4/c1-10(2)22-13-5-4-12(8-11(13)9-16)17-15(21)18(3)7-6-14(19)20/h4-5,8,10H,6-7H2,1-3H3,(H,17,21)(H,19,20). The SMILES string of the molecule is CC(C)Oc1ccc(NC(=O)N(C)CCC(=O)O)cc1C#N. The zero-order valence-electron chi connectivity index (χ0n) is 12.8. The van der Waals surface area contributed by atoms with E-state index in [0.29, 0.717) is 17.0 Å². The topological polar surface area (TPSA) is 103 Å². The average molecular weight is 305 g/mol. The van der Waals surface area contributed by atoms with Crippen LogP contribution < -0.4 is 10.1 Å². The van der Waals surface area contributed by atoms with Crippen molar-refractivity contribution in [1.82, 2.24) is 4.90 Å². The highest BCUT2D eigenvalue weighted by molar-refractivity contribution is 5.89. The van der Waals surface area contributed by atoms with Gasteiger partial charge in [0.2, 0.25) is 0 Å². The van der Waals surface area contributed by atoms with Crippen molar-refractivity contribution in [3.05, 3.63) is 23.8 Å². The van der Waals surface area contributed by atoms with Crippen molar-refractivity contribution in [2.45, 2.75) is 26.4 Å². The molecule has 0 fully saturated rings. The second-order valence-corrected chi connectivity index (χ2v) is 4.98. The summed E-state index contributed by atoms with van der Waals surface area (Å²) >= 11 is 0. The third-order valence-corrected chi connectivity index (χ3v) is 2.72. The van der Waals surface area contributed by atoms with Gasteiger partial charge in [0.1, 0.15) is 11.8 Å². The highest BCUT2D eigenvalue weighted by Gasteiger charge is 2.12. The maximum absolute atomic E-state index is 11.9. The first-order valence-corrected chi connectivity index (χ1v) is 6.78. The number of nitrogens with one attached hydrogen (secondary N) is 1. The molecule has 22 heavy (non-hydrogen) atoms. The molecule has 0 saturated carbocycles. The lowest BCUT2D eigenvalue weighted by Gasteiger charge is -2.17. The summed E-state index contributed by atoms with van der Waals surface area (Å²) in [6.45, 7) is 3.81. The molecule has 2 amide bonds. The Labute approximate surface area is 129 Å². The zero-order valence-corrected chi connectivity index (χ0v) is 12.8. The highest BCUT2D eigenvalue weighted by atomic mass is 16.5. The number of nitrogens with zero attached hydrogens (tertiary/aromatic N) is 2. The predicted molar refractivity (Wildman–Crippen MR) is 80.8 cm³/mol. The first-order valence-electron chi connectivity index (χ1n) is 6.78. The van der Waals surface area contributed by atoms with Gasteiger partial charge in [-0.3, -0.25) is 4.79 Å². The number of benzene rings is 1. The number of carbonyl (C=O) groups excluding carboxylic acids is 1. The average Bonchev–Trinajstić information content (AvgIpc) is 2.45. The number of carbonyl (C=O) groups is 2. The lowest BCUT2D eigenvalue weighted by molar-refractivity contribution is -0.137. The summed E-state index contributed by atoms with van der Waals surface area (Å²) in [6, 6.07) is 6.33. The van der Waals surface area contributed by atoms with Crippen molar-refractivity contribution in [1.29, 1.82) is 5.26 Å². The summed E-state index contributed by atoms with van der Waals surface area (Å²) < 4.78 is 5.50. The van der Waals surface area contributed by atoms with Crippen molar-refractivity contribution in [3.8, 4) is 11.8 Å². The molecular weight excluding hydrogens is 286 g/mol. The Morgan fingerprint density at radius 2 is 2.14 bits per heavy atom. The first kappa shape index (κ1) is 17.3. The molecule has 0 bridgehead atoms. The summed E-state index contributed by atoms with van der Waals surface area (Å²) in [4.78, 5) is 23.6. The number of carboxylic acids is 1. The van der Waals surface area contributed by atoms with E-state index < -0.39 is 12.0 Å². The molecule has 0 unspecified atom stereocenters. The number of aliphatic carboxylic acids is 1. The Hall–Kier alpha value is -2.75. The fraction of sp³-hybridized carbons (Fsp3) is 0.400. The molecule has 7 heteroatoms. The van der Waals surface area contributed by atoms with Crippen molar-refractivity contribution >= 4 is 17.7 Å². The highest BCUT2D eigenvalue weighted by Crippen LogP contribution is 2.23. The number of ether oxygens (including phenoxy) is 1. The maximum atomic E-state index is 11.9. The van der Waals surface area contributed by atoms with Gasteiger partial charge in [-0.15, -0.1) is 0 Å². The van der Waals surface area contributed by atoms with Gasteiger partial charge in [0.05, 0.1) is 18.1 Å². The third-order valence-electron chi connectivity index (χ3n) is 2.72. The second-order valence-electron chi connectivity index (χ2n) is 4.98. The van der Waals surface area contributed by atoms with Crippen molar-refractivity contribution in [2.75, 3.05) is 18.9 Å². The van der Waals surface area contributed by atoms with E-state index in [-0.39, 0.29) is 19.1 Å². The number of hydrogen-bond donors (Lipinski definition) is 2. The van der Waals surface area contributed by atoms with Gasteiger partial charge in [0, 0.05) is 19.3 Å². The van der Waals surface area contributed by atoms with Gasteiger partial charge in [0.15, 0.2) is 0 Å². The van der Waals surface area contributed by atoms with Crippen LogP contribution in [0.3, 0.4) is 0 Å². The normalized spacial score (nSPS) is 9.95. The lowest BCUT2D eigenvalue weighted by Crippen LogP contribution is -2.33. The minimum absolute atomic E-state index is 0.0605. The van der Waals surface area contributed by atoms with Crippen LogP contribution in [-0.2, 0) is 4.79 Å². The zero-order chi connectivity index (χ0) is 16.7. The molecule has 0 aliphatic heterocycles. The minimum Gasteiger partial charge on any atom is -0.490 e. The number of nitriles is 1. The van der Waals surface area contributed by atoms with Gasteiger partial charge in [-0.05, 0) is 32.0 Å². The fourth-order valence-corrected chi connectivity index (χ4v) is 1.64. The van der Waals surface area contributed by atoms with Gasteiger partial charge in [0.25, 0.3) is 0 Å². The van der Waals surface area contributed by atoms with Crippen LogP contribution in [0.25, 0.3) is 0 Å². The van der Waals surface area contributed by atoms with Crippen LogP contribution in [0.2, 0.25) is 0 Å². The van der Waals surface area contributed by atoms with E-state index in [1.807, 2.05) is 19.9 Å². The number of anilines is 1. The van der Waals surface area contributed by atoms with Crippen LogP contribution in [-0.4, -0.2) is 41.7 Å². The molecular formula is C15H19N3O4. The van der Waals surface area contributed by atoms with E-state index in [1.54, 1.807) is 12.1 Å². The number of amides is 2. The van der Waals surface area contributed by atoms with E-state index in [2.05, 4.69) is 5.32 Å². The van der Waals surface area contributed by atoms with E-state index in [0.717, 1.165) is 0 Å². The number of rotatable bonds is 6. The molecule has 0 radical (unpaired) electrons. The van der Waals surface area contributed by atoms with Crippen LogP contribution in [0.15, 0.2) is 18.2 Å². The Bertz CT molecular complexity index is 593. The molecule has 0 aromatic heterocycles. The molecule has 2 N–H and O–H groups in total. The molecule has 0 atom stereocenters. The van der Waals surface area contributed by atoms with Crippen LogP contribution in [0.5, 0.6) is 5.75 Å². The van der Waals surface area contributed by atoms with Crippen molar-refractivity contribution < 1.29 is 19.4 Å². The number of carboxylic acid groups (broad SMARTS) is 1. The van der Waals surface area contributed by atoms with Crippen molar-refractivity contribution in [3.63, 3.8) is 0 Å². The van der Waals surface area contributed by atoms with Gasteiger partial charge in [-0.1, -0.05) is 0 Å². The third kappa shape index (κ3) is 5.32. The Morgan fingerprint density at radius 1 is 1.45 bits per heavy atom. The summed E-state index contributed by atoms with van der Waals surface area (Å²) in [6.07, 6.45) is -0.191. The summed E-state index contributed by atoms with van der Waals surface area (Å²) in [7, 11) is 1.50. The Kier molecular flexibility index (Phi) is 6.20. The molecule has 7 nitrogen and oxygen atoms in total. The molecule has 0 saturated heterocycles. The first-order chi connectivity index (χ1) is 10.3. The van der Waals surface area contributed by atoms with Crippen LogP contribution in [0, 0.1) is 11.3 Å². The number of hydrogen-bond acceptors (Lipinski definition) is 4.